The van der Waals surface area contributed by atoms with Crippen molar-refractivity contribution in [1.29, 1.82) is 0 Å². The maximum atomic E-state index is 4.34. The van der Waals surface area contributed by atoms with Gasteiger partial charge in [-0.15, -0.1) is 0 Å². The van der Waals surface area contributed by atoms with Crippen molar-refractivity contribution in [1.82, 2.24) is 9.97 Å². The fourth-order valence-electron chi connectivity index (χ4n) is 1.58. The molecule has 1 N–H and O–H groups in total. The van der Waals surface area contributed by atoms with Gasteiger partial charge in [0, 0.05) is 42.4 Å². The molecular weight excluding hydrogens is 198 g/mol. The quantitative estimate of drug-likeness (QED) is 0.848. The summed E-state index contributed by atoms with van der Waals surface area (Å²) in [6.45, 7) is 3.01. The second-order valence-corrected chi connectivity index (χ2v) is 3.56. The zero-order chi connectivity index (χ0) is 11.2. The van der Waals surface area contributed by atoms with Crippen LogP contribution in [0.25, 0.3) is 0 Å². The third kappa shape index (κ3) is 2.79. The molecule has 0 atom stereocenters. The molecular formula is C13H15N3. The molecule has 0 aliphatic rings. The molecule has 2 aromatic heterocycles. The number of hydrogen-bond donors (Lipinski definition) is 1. The highest BCUT2D eigenvalue weighted by molar-refractivity contribution is 5.43. The van der Waals surface area contributed by atoms with Crippen LogP contribution >= 0.6 is 0 Å². The summed E-state index contributed by atoms with van der Waals surface area (Å²) in [5, 5.41) is 3.27. The summed E-state index contributed by atoms with van der Waals surface area (Å²) in [6.07, 6.45) is 4.42. The lowest BCUT2D eigenvalue weighted by Crippen LogP contribution is -1.99. The molecule has 0 saturated carbocycles. The highest BCUT2D eigenvalue weighted by Gasteiger charge is 1.99. The maximum Gasteiger partial charge on any atom is 0.0483 e. The third-order valence-corrected chi connectivity index (χ3v) is 2.29. The van der Waals surface area contributed by atoms with E-state index in [1.54, 1.807) is 0 Å². The first kappa shape index (κ1) is 10.6. The molecule has 2 rings (SSSR count). The van der Waals surface area contributed by atoms with E-state index in [9.17, 15) is 0 Å². The third-order valence-electron chi connectivity index (χ3n) is 2.29. The second kappa shape index (κ2) is 5.26. The van der Waals surface area contributed by atoms with Crippen LogP contribution in [0.15, 0.2) is 42.7 Å². The van der Waals surface area contributed by atoms with Gasteiger partial charge in [-0.3, -0.25) is 9.97 Å². The molecule has 0 aliphatic carbocycles. The van der Waals surface area contributed by atoms with Crippen molar-refractivity contribution < 1.29 is 0 Å². The molecule has 0 spiro atoms. The first-order valence-corrected chi connectivity index (χ1v) is 5.47. The Hall–Kier alpha value is -1.90. The van der Waals surface area contributed by atoms with Crippen molar-refractivity contribution in [3.63, 3.8) is 0 Å². The van der Waals surface area contributed by atoms with Gasteiger partial charge in [-0.05, 0) is 31.2 Å². The predicted octanol–water partition coefficient (Wildman–Crippen LogP) is 2.50. The van der Waals surface area contributed by atoms with E-state index in [1.165, 1.54) is 0 Å². The minimum Gasteiger partial charge on any atom is -0.385 e. The van der Waals surface area contributed by atoms with Gasteiger partial charge in [0.2, 0.25) is 0 Å². The molecule has 16 heavy (non-hydrogen) atoms. The number of anilines is 1. The summed E-state index contributed by atoms with van der Waals surface area (Å²) in [5.74, 6) is 0. The minimum absolute atomic E-state index is 0.778. The molecule has 0 fully saturated rings. The van der Waals surface area contributed by atoms with Crippen LogP contribution in [0.1, 0.15) is 18.3 Å². The fourth-order valence-corrected chi connectivity index (χ4v) is 1.58. The van der Waals surface area contributed by atoms with Gasteiger partial charge in [-0.2, -0.15) is 0 Å². The fraction of sp³-hybridized carbons (Fsp3) is 0.231. The average molecular weight is 213 g/mol. The Morgan fingerprint density at radius 2 is 1.94 bits per heavy atom. The molecule has 0 aliphatic heterocycles. The van der Waals surface area contributed by atoms with Crippen molar-refractivity contribution in [3.05, 3.63) is 54.1 Å². The highest BCUT2D eigenvalue weighted by atomic mass is 14.9. The van der Waals surface area contributed by atoms with E-state index in [0.29, 0.717) is 0 Å². The van der Waals surface area contributed by atoms with Crippen molar-refractivity contribution >= 4 is 5.69 Å². The SMILES string of the molecule is CCNc1ccnc(Cc2ccccn2)c1. The van der Waals surface area contributed by atoms with Gasteiger partial charge in [0.05, 0.1) is 0 Å². The standard InChI is InChI=1S/C13H15N3/c1-2-14-12-6-8-16-13(10-12)9-11-5-3-4-7-15-11/h3-8,10H,2,9H2,1H3,(H,14,16). The number of hydrogen-bond acceptors (Lipinski definition) is 3. The van der Waals surface area contributed by atoms with Crippen LogP contribution in [0.3, 0.4) is 0 Å². The van der Waals surface area contributed by atoms with Gasteiger partial charge in [0.25, 0.3) is 0 Å². The zero-order valence-corrected chi connectivity index (χ0v) is 9.35. The summed E-state index contributed by atoms with van der Waals surface area (Å²) in [6, 6.07) is 9.98. The minimum atomic E-state index is 0.778. The maximum absolute atomic E-state index is 4.34. The van der Waals surface area contributed by atoms with Crippen LogP contribution in [0.4, 0.5) is 5.69 Å². The number of nitrogens with zero attached hydrogens (tertiary/aromatic N) is 2. The second-order valence-electron chi connectivity index (χ2n) is 3.56. The number of pyridine rings is 2. The summed E-state index contributed by atoms with van der Waals surface area (Å²) in [5.41, 5.74) is 3.20. The summed E-state index contributed by atoms with van der Waals surface area (Å²) in [4.78, 5) is 8.63. The Bertz CT molecular complexity index is 440. The normalized spacial score (nSPS) is 10.1. The van der Waals surface area contributed by atoms with Crippen LogP contribution in [0, 0.1) is 0 Å². The topological polar surface area (TPSA) is 37.8 Å². The first-order chi connectivity index (χ1) is 7.88. The summed E-state index contributed by atoms with van der Waals surface area (Å²) >= 11 is 0. The van der Waals surface area contributed by atoms with E-state index >= 15 is 0 Å². The van der Waals surface area contributed by atoms with Crippen molar-refractivity contribution in [2.75, 3.05) is 11.9 Å². The van der Waals surface area contributed by atoms with E-state index in [0.717, 1.165) is 30.0 Å². The molecule has 82 valence electrons. The van der Waals surface area contributed by atoms with E-state index in [4.69, 9.17) is 0 Å². The van der Waals surface area contributed by atoms with Crippen LogP contribution in [0.2, 0.25) is 0 Å². The number of rotatable bonds is 4. The smallest absolute Gasteiger partial charge is 0.0483 e. The van der Waals surface area contributed by atoms with Crippen molar-refractivity contribution in [3.8, 4) is 0 Å². The lowest BCUT2D eigenvalue weighted by atomic mass is 10.2. The Labute approximate surface area is 95.6 Å². The van der Waals surface area contributed by atoms with E-state index in [-0.39, 0.29) is 0 Å². The molecule has 2 aromatic rings. The van der Waals surface area contributed by atoms with Crippen LogP contribution < -0.4 is 5.32 Å². The Morgan fingerprint density at radius 3 is 2.69 bits per heavy atom. The van der Waals surface area contributed by atoms with Gasteiger partial charge >= 0.3 is 0 Å². The highest BCUT2D eigenvalue weighted by Crippen LogP contribution is 2.10. The van der Waals surface area contributed by atoms with Crippen molar-refractivity contribution in [2.45, 2.75) is 13.3 Å². The Morgan fingerprint density at radius 1 is 1.06 bits per heavy atom. The molecule has 0 radical (unpaired) electrons. The van der Waals surface area contributed by atoms with E-state index in [1.807, 2.05) is 36.7 Å². The van der Waals surface area contributed by atoms with Crippen molar-refractivity contribution in [2.24, 2.45) is 0 Å². The summed E-state index contributed by atoms with van der Waals surface area (Å²) < 4.78 is 0. The molecule has 3 nitrogen and oxygen atoms in total. The molecule has 0 bridgehead atoms. The predicted molar refractivity (Wildman–Crippen MR) is 65.4 cm³/mol. The van der Waals surface area contributed by atoms with Gasteiger partial charge in [0.15, 0.2) is 0 Å². The van der Waals surface area contributed by atoms with Gasteiger partial charge in [0.1, 0.15) is 0 Å². The molecule has 3 heteroatoms. The lowest BCUT2D eigenvalue weighted by molar-refractivity contribution is 1.01. The van der Waals surface area contributed by atoms with E-state index < -0.39 is 0 Å². The van der Waals surface area contributed by atoms with Crippen LogP contribution in [-0.4, -0.2) is 16.5 Å². The average Bonchev–Trinajstić information content (AvgIpc) is 2.31. The zero-order valence-electron chi connectivity index (χ0n) is 9.35. The van der Waals surface area contributed by atoms with Gasteiger partial charge in [-0.1, -0.05) is 6.07 Å². The molecule has 2 heterocycles. The molecule has 0 amide bonds. The van der Waals surface area contributed by atoms with E-state index in [2.05, 4.69) is 28.3 Å². The van der Waals surface area contributed by atoms with Crippen LogP contribution in [0.5, 0.6) is 0 Å². The van der Waals surface area contributed by atoms with Gasteiger partial charge in [-0.25, -0.2) is 0 Å². The largest absolute Gasteiger partial charge is 0.385 e. The number of nitrogens with one attached hydrogen (secondary N) is 1. The summed E-state index contributed by atoms with van der Waals surface area (Å²) in [7, 11) is 0. The van der Waals surface area contributed by atoms with Gasteiger partial charge < -0.3 is 5.32 Å². The molecule has 0 aromatic carbocycles. The lowest BCUT2D eigenvalue weighted by Gasteiger charge is -2.05. The first-order valence-electron chi connectivity index (χ1n) is 5.47. The molecule has 0 saturated heterocycles. The number of aromatic nitrogens is 2. The molecule has 0 unspecified atom stereocenters. The Balaban J connectivity index is 2.12. The Kier molecular flexibility index (Phi) is 3.49. The van der Waals surface area contributed by atoms with Crippen LogP contribution in [-0.2, 0) is 6.42 Å². The monoisotopic (exact) mass is 213 g/mol.